The number of hydrogen-bond donors (Lipinski definition) is 1. The summed E-state index contributed by atoms with van der Waals surface area (Å²) in [6.07, 6.45) is 0. The molecule has 1 N–H and O–H groups in total. The first-order valence-electron chi connectivity index (χ1n) is 6.24. The van der Waals surface area contributed by atoms with E-state index in [-0.39, 0.29) is 17.5 Å². The molecule has 0 saturated carbocycles. The van der Waals surface area contributed by atoms with Crippen molar-refractivity contribution in [3.05, 3.63) is 57.2 Å². The molecule has 0 radical (unpaired) electrons. The van der Waals surface area contributed by atoms with Gasteiger partial charge in [0, 0.05) is 25.1 Å². The number of hydrogen-bond acceptors (Lipinski definition) is 4. The monoisotopic (exact) mass is 305 g/mol. The van der Waals surface area contributed by atoms with Gasteiger partial charge in [-0.1, -0.05) is 18.2 Å². The number of aromatic nitrogens is 2. The Morgan fingerprint density at radius 3 is 2.48 bits per heavy atom. The molecule has 21 heavy (non-hydrogen) atoms. The Kier molecular flexibility index (Phi) is 4.64. The van der Waals surface area contributed by atoms with E-state index in [1.807, 2.05) is 30.3 Å². The van der Waals surface area contributed by atoms with E-state index in [9.17, 15) is 14.4 Å². The molecule has 0 aliphatic carbocycles. The molecule has 6 nitrogen and oxygen atoms in total. The second-order valence-electron chi connectivity index (χ2n) is 4.42. The van der Waals surface area contributed by atoms with Crippen molar-refractivity contribution in [2.45, 2.75) is 4.90 Å². The van der Waals surface area contributed by atoms with Gasteiger partial charge in [-0.25, -0.2) is 4.79 Å². The summed E-state index contributed by atoms with van der Waals surface area (Å²) in [6.45, 7) is 0. The molecule has 1 heterocycles. The van der Waals surface area contributed by atoms with E-state index in [0.29, 0.717) is 0 Å². The zero-order valence-corrected chi connectivity index (χ0v) is 12.5. The number of benzene rings is 1. The SMILES string of the molecule is Cn1c(NC(=O)CSc2ccccc2)cc(=O)n(C)c1=O. The third kappa shape index (κ3) is 3.63. The highest BCUT2D eigenvalue weighted by atomic mass is 32.2. The lowest BCUT2D eigenvalue weighted by molar-refractivity contribution is -0.113. The van der Waals surface area contributed by atoms with Crippen molar-refractivity contribution in [1.29, 1.82) is 0 Å². The molecule has 110 valence electrons. The molecule has 0 bridgehead atoms. The van der Waals surface area contributed by atoms with Gasteiger partial charge in [0.05, 0.1) is 5.75 Å². The Bertz CT molecular complexity index is 765. The van der Waals surface area contributed by atoms with Gasteiger partial charge in [0.1, 0.15) is 5.82 Å². The minimum atomic E-state index is -0.478. The first-order chi connectivity index (χ1) is 9.99. The highest BCUT2D eigenvalue weighted by molar-refractivity contribution is 8.00. The lowest BCUT2D eigenvalue weighted by Gasteiger charge is -2.10. The van der Waals surface area contributed by atoms with E-state index in [4.69, 9.17) is 0 Å². The van der Waals surface area contributed by atoms with Crippen molar-refractivity contribution in [3.8, 4) is 0 Å². The van der Waals surface area contributed by atoms with E-state index in [1.54, 1.807) is 0 Å². The highest BCUT2D eigenvalue weighted by Gasteiger charge is 2.09. The van der Waals surface area contributed by atoms with Crippen LogP contribution in [0.5, 0.6) is 0 Å². The van der Waals surface area contributed by atoms with Crippen LogP contribution in [0.25, 0.3) is 0 Å². The molecule has 0 saturated heterocycles. The van der Waals surface area contributed by atoms with Gasteiger partial charge in [0.25, 0.3) is 5.56 Å². The fourth-order valence-corrected chi connectivity index (χ4v) is 2.42. The van der Waals surface area contributed by atoms with Gasteiger partial charge in [0.2, 0.25) is 5.91 Å². The summed E-state index contributed by atoms with van der Waals surface area (Å²) in [4.78, 5) is 36.2. The highest BCUT2D eigenvalue weighted by Crippen LogP contribution is 2.16. The maximum Gasteiger partial charge on any atom is 0.332 e. The standard InChI is InChI=1S/C14H15N3O3S/c1-16-11(8-13(19)17(2)14(16)20)15-12(18)9-21-10-6-4-3-5-7-10/h3-8H,9H2,1-2H3,(H,15,18). The molecule has 1 aromatic heterocycles. The van der Waals surface area contributed by atoms with Crippen molar-refractivity contribution in [2.75, 3.05) is 11.1 Å². The molecule has 7 heteroatoms. The minimum absolute atomic E-state index is 0.196. The van der Waals surface area contributed by atoms with Crippen LogP contribution in [-0.2, 0) is 18.9 Å². The third-order valence-electron chi connectivity index (χ3n) is 2.91. The summed E-state index contributed by atoms with van der Waals surface area (Å²) in [5, 5.41) is 2.58. The Morgan fingerprint density at radius 2 is 1.81 bits per heavy atom. The van der Waals surface area contributed by atoms with Gasteiger partial charge >= 0.3 is 5.69 Å². The summed E-state index contributed by atoms with van der Waals surface area (Å²) in [5.74, 6) is 0.127. The number of thioether (sulfide) groups is 1. The van der Waals surface area contributed by atoms with E-state index < -0.39 is 11.2 Å². The van der Waals surface area contributed by atoms with E-state index >= 15 is 0 Å². The molecule has 2 aromatic rings. The molecule has 0 atom stereocenters. The molecular weight excluding hydrogens is 290 g/mol. The van der Waals surface area contributed by atoms with E-state index in [2.05, 4.69) is 5.32 Å². The van der Waals surface area contributed by atoms with Gasteiger partial charge in [0.15, 0.2) is 0 Å². The summed E-state index contributed by atoms with van der Waals surface area (Å²) in [6, 6.07) is 10.7. The zero-order valence-electron chi connectivity index (χ0n) is 11.7. The van der Waals surface area contributed by atoms with Crippen molar-refractivity contribution in [3.63, 3.8) is 0 Å². The number of nitrogens with zero attached hydrogens (tertiary/aromatic N) is 2. The number of rotatable bonds is 4. The van der Waals surface area contributed by atoms with Crippen molar-refractivity contribution < 1.29 is 4.79 Å². The maximum absolute atomic E-state index is 11.9. The zero-order chi connectivity index (χ0) is 15.4. The van der Waals surface area contributed by atoms with Crippen molar-refractivity contribution >= 4 is 23.5 Å². The predicted octanol–water partition coefficient (Wildman–Crippen LogP) is 0.815. The number of amides is 1. The van der Waals surface area contributed by atoms with Crippen LogP contribution < -0.4 is 16.6 Å². The topological polar surface area (TPSA) is 73.1 Å². The Hall–Kier alpha value is -2.28. The Balaban J connectivity index is 2.07. The first-order valence-corrected chi connectivity index (χ1v) is 7.22. The Morgan fingerprint density at radius 1 is 1.14 bits per heavy atom. The Labute approximate surface area is 125 Å². The first kappa shape index (κ1) is 15.1. The quantitative estimate of drug-likeness (QED) is 0.849. The number of nitrogens with one attached hydrogen (secondary N) is 1. The fourth-order valence-electron chi connectivity index (χ4n) is 1.70. The van der Waals surface area contributed by atoms with Crippen molar-refractivity contribution in [1.82, 2.24) is 9.13 Å². The molecule has 0 aliphatic rings. The second-order valence-corrected chi connectivity index (χ2v) is 5.47. The van der Waals surface area contributed by atoms with Crippen LogP contribution in [0.2, 0.25) is 0 Å². The van der Waals surface area contributed by atoms with Crippen LogP contribution in [0.3, 0.4) is 0 Å². The smallest absolute Gasteiger partial charge is 0.311 e. The third-order valence-corrected chi connectivity index (χ3v) is 3.92. The maximum atomic E-state index is 11.9. The summed E-state index contributed by atoms with van der Waals surface area (Å²) in [7, 11) is 2.89. The molecule has 2 rings (SSSR count). The summed E-state index contributed by atoms with van der Waals surface area (Å²) in [5.41, 5.74) is -0.933. The molecular formula is C14H15N3O3S. The number of carbonyl (C=O) groups is 1. The summed E-state index contributed by atoms with van der Waals surface area (Å²) >= 11 is 1.38. The van der Waals surface area contributed by atoms with E-state index in [1.165, 1.54) is 36.5 Å². The number of carbonyl (C=O) groups excluding carboxylic acids is 1. The number of anilines is 1. The van der Waals surface area contributed by atoms with Crippen LogP contribution in [0.4, 0.5) is 5.82 Å². The van der Waals surface area contributed by atoms with Crippen LogP contribution in [0, 0.1) is 0 Å². The van der Waals surface area contributed by atoms with Gasteiger partial charge in [-0.2, -0.15) is 0 Å². The second kappa shape index (κ2) is 6.45. The van der Waals surface area contributed by atoms with Gasteiger partial charge in [-0.05, 0) is 12.1 Å². The van der Waals surface area contributed by atoms with Crippen LogP contribution in [-0.4, -0.2) is 20.8 Å². The molecule has 0 unspecified atom stereocenters. The van der Waals surface area contributed by atoms with Gasteiger partial charge in [-0.15, -0.1) is 11.8 Å². The van der Waals surface area contributed by atoms with Crippen LogP contribution in [0.15, 0.2) is 50.9 Å². The van der Waals surface area contributed by atoms with E-state index in [0.717, 1.165) is 9.46 Å². The van der Waals surface area contributed by atoms with Crippen LogP contribution in [0.1, 0.15) is 0 Å². The van der Waals surface area contributed by atoms with Crippen molar-refractivity contribution in [2.24, 2.45) is 14.1 Å². The van der Waals surface area contributed by atoms with Gasteiger partial charge < -0.3 is 5.32 Å². The average Bonchev–Trinajstić information content (AvgIpc) is 2.49. The summed E-state index contributed by atoms with van der Waals surface area (Å²) < 4.78 is 2.21. The fraction of sp³-hybridized carbons (Fsp3) is 0.214. The lowest BCUT2D eigenvalue weighted by atomic mass is 10.4. The lowest BCUT2D eigenvalue weighted by Crippen LogP contribution is -2.38. The minimum Gasteiger partial charge on any atom is -0.311 e. The largest absolute Gasteiger partial charge is 0.332 e. The molecule has 1 amide bonds. The molecule has 0 fully saturated rings. The normalized spacial score (nSPS) is 10.4. The molecule has 0 aliphatic heterocycles. The predicted molar refractivity (Wildman–Crippen MR) is 82.7 cm³/mol. The van der Waals surface area contributed by atoms with Gasteiger partial charge in [-0.3, -0.25) is 18.7 Å². The average molecular weight is 305 g/mol. The van der Waals surface area contributed by atoms with Crippen LogP contribution >= 0.6 is 11.8 Å². The molecule has 1 aromatic carbocycles. The molecule has 0 spiro atoms.